The van der Waals surface area contributed by atoms with Crippen LogP contribution in [0.5, 0.6) is 5.75 Å². The normalized spacial score (nSPS) is 23.7. The molecule has 1 saturated heterocycles. The van der Waals surface area contributed by atoms with Crippen molar-refractivity contribution in [3.05, 3.63) is 29.6 Å². The predicted octanol–water partition coefficient (Wildman–Crippen LogP) is 4.29. The molecule has 1 aromatic carbocycles. The molecule has 8 heteroatoms. The molecular formula is C21H31F4NO3. The summed E-state index contributed by atoms with van der Waals surface area (Å²) >= 11 is 0. The number of aliphatic hydroxyl groups is 1. The summed E-state index contributed by atoms with van der Waals surface area (Å²) in [5.74, 6) is -0.280. The van der Waals surface area contributed by atoms with E-state index in [-0.39, 0.29) is 30.1 Å². The number of alkyl halides is 3. The first-order valence-electron chi connectivity index (χ1n) is 9.78. The zero-order valence-electron chi connectivity index (χ0n) is 17.6. The fraction of sp³-hybridized carbons (Fsp3) is 0.714. The molecule has 1 N–H and O–H groups in total. The van der Waals surface area contributed by atoms with Crippen LogP contribution >= 0.6 is 0 Å². The summed E-state index contributed by atoms with van der Waals surface area (Å²) in [4.78, 5) is 1.88. The maximum absolute atomic E-state index is 13.9. The zero-order chi connectivity index (χ0) is 22.0. The lowest BCUT2D eigenvalue weighted by atomic mass is 9.73. The van der Waals surface area contributed by atoms with Crippen LogP contribution in [0.4, 0.5) is 17.6 Å². The average Bonchev–Trinajstić information content (AvgIpc) is 2.58. The van der Waals surface area contributed by atoms with Crippen molar-refractivity contribution < 1.29 is 32.1 Å². The number of nitrogens with zero attached hydrogens (tertiary/aromatic N) is 1. The van der Waals surface area contributed by atoms with E-state index in [2.05, 4.69) is 0 Å². The highest BCUT2D eigenvalue weighted by Gasteiger charge is 2.56. The first kappa shape index (κ1) is 23.9. The Balaban J connectivity index is 2.24. The van der Waals surface area contributed by atoms with Gasteiger partial charge in [-0.2, -0.15) is 13.2 Å². The van der Waals surface area contributed by atoms with Crippen molar-refractivity contribution in [3.63, 3.8) is 0 Å². The number of ether oxygens (including phenoxy) is 2. The Morgan fingerprint density at radius 2 is 1.76 bits per heavy atom. The summed E-state index contributed by atoms with van der Waals surface area (Å²) in [6.45, 7) is 7.97. The van der Waals surface area contributed by atoms with E-state index in [9.17, 15) is 22.7 Å². The first-order valence-corrected chi connectivity index (χ1v) is 9.78. The molecule has 1 aliphatic rings. The van der Waals surface area contributed by atoms with Crippen LogP contribution in [0, 0.1) is 5.82 Å². The van der Waals surface area contributed by atoms with Gasteiger partial charge >= 0.3 is 6.18 Å². The third-order valence-electron chi connectivity index (χ3n) is 5.49. The molecule has 0 amide bonds. The number of methoxy groups -OCH3 is 1. The lowest BCUT2D eigenvalue weighted by Crippen LogP contribution is -2.53. The molecular weight excluding hydrogens is 390 g/mol. The Morgan fingerprint density at radius 3 is 2.28 bits per heavy atom. The molecule has 2 rings (SSSR count). The summed E-state index contributed by atoms with van der Waals surface area (Å²) in [5, 5.41) is 10.7. The Kier molecular flexibility index (Phi) is 7.23. The summed E-state index contributed by atoms with van der Waals surface area (Å²) < 4.78 is 66.4. The number of rotatable bonds is 7. The van der Waals surface area contributed by atoms with Crippen LogP contribution in [0.15, 0.2) is 18.2 Å². The van der Waals surface area contributed by atoms with Gasteiger partial charge in [0.2, 0.25) is 0 Å². The molecule has 29 heavy (non-hydrogen) atoms. The topological polar surface area (TPSA) is 41.9 Å². The maximum atomic E-state index is 13.9. The van der Waals surface area contributed by atoms with Crippen LogP contribution in [-0.4, -0.2) is 60.7 Å². The molecule has 0 saturated carbocycles. The Bertz CT molecular complexity index is 685. The van der Waals surface area contributed by atoms with E-state index in [0.717, 1.165) is 0 Å². The van der Waals surface area contributed by atoms with Gasteiger partial charge in [0.25, 0.3) is 0 Å². The van der Waals surface area contributed by atoms with Gasteiger partial charge in [-0.3, -0.25) is 4.90 Å². The van der Waals surface area contributed by atoms with Crippen LogP contribution in [0.3, 0.4) is 0 Å². The van der Waals surface area contributed by atoms with E-state index in [0.29, 0.717) is 13.1 Å². The van der Waals surface area contributed by atoms with Crippen LogP contribution in [0.1, 0.15) is 46.1 Å². The van der Waals surface area contributed by atoms with Gasteiger partial charge in [0.15, 0.2) is 5.60 Å². The SMILES string of the molecule is COc1ccc(F)cc1C(C)(C)CC(O)(CCN1CC(C)OC(C)C1)C(F)(F)F. The summed E-state index contributed by atoms with van der Waals surface area (Å²) in [6.07, 6.45) is -6.07. The van der Waals surface area contributed by atoms with Gasteiger partial charge in [-0.15, -0.1) is 0 Å². The quantitative estimate of drug-likeness (QED) is 0.667. The van der Waals surface area contributed by atoms with Crippen LogP contribution < -0.4 is 4.74 Å². The highest BCUT2D eigenvalue weighted by molar-refractivity contribution is 5.39. The molecule has 3 unspecified atom stereocenters. The average molecular weight is 421 g/mol. The molecule has 0 radical (unpaired) electrons. The summed E-state index contributed by atoms with van der Waals surface area (Å²) in [5.41, 5.74) is -3.81. The highest BCUT2D eigenvalue weighted by Crippen LogP contribution is 2.45. The molecule has 166 valence electrons. The van der Waals surface area contributed by atoms with Crippen LogP contribution in [-0.2, 0) is 10.2 Å². The molecule has 1 aromatic rings. The second kappa shape index (κ2) is 8.78. The number of morpholine rings is 1. The molecule has 3 atom stereocenters. The molecule has 0 spiro atoms. The summed E-state index contributed by atoms with van der Waals surface area (Å²) in [7, 11) is 1.38. The fourth-order valence-corrected chi connectivity index (χ4v) is 4.18. The molecule has 1 aliphatic heterocycles. The lowest BCUT2D eigenvalue weighted by Gasteiger charge is -2.41. The van der Waals surface area contributed by atoms with E-state index in [1.807, 2.05) is 18.7 Å². The smallest absolute Gasteiger partial charge is 0.417 e. The van der Waals surface area contributed by atoms with Gasteiger partial charge in [0.05, 0.1) is 19.3 Å². The van der Waals surface area contributed by atoms with Crippen molar-refractivity contribution in [2.45, 2.75) is 69.9 Å². The van der Waals surface area contributed by atoms with Crippen molar-refractivity contribution in [1.82, 2.24) is 4.90 Å². The largest absolute Gasteiger partial charge is 0.496 e. The minimum Gasteiger partial charge on any atom is -0.496 e. The fourth-order valence-electron chi connectivity index (χ4n) is 4.18. The van der Waals surface area contributed by atoms with Crippen molar-refractivity contribution in [1.29, 1.82) is 0 Å². The van der Waals surface area contributed by atoms with Crippen LogP contribution in [0.25, 0.3) is 0 Å². The maximum Gasteiger partial charge on any atom is 0.417 e. The van der Waals surface area contributed by atoms with Crippen molar-refractivity contribution in [2.24, 2.45) is 0 Å². The van der Waals surface area contributed by atoms with E-state index in [1.54, 1.807) is 13.8 Å². The predicted molar refractivity (Wildman–Crippen MR) is 103 cm³/mol. The molecule has 0 aromatic heterocycles. The minimum absolute atomic E-state index is 0.0780. The van der Waals surface area contributed by atoms with Gasteiger partial charge in [-0.05, 0) is 50.3 Å². The zero-order valence-corrected chi connectivity index (χ0v) is 17.6. The second-order valence-corrected chi connectivity index (χ2v) is 8.70. The van der Waals surface area contributed by atoms with Crippen LogP contribution in [0.2, 0.25) is 0 Å². The molecule has 4 nitrogen and oxygen atoms in total. The van der Waals surface area contributed by atoms with Gasteiger partial charge in [-0.1, -0.05) is 13.8 Å². The number of benzene rings is 1. The van der Waals surface area contributed by atoms with E-state index in [1.165, 1.54) is 25.3 Å². The second-order valence-electron chi connectivity index (χ2n) is 8.70. The van der Waals surface area contributed by atoms with E-state index in [4.69, 9.17) is 9.47 Å². The molecule has 0 aliphatic carbocycles. The number of halogens is 4. The molecule has 1 fully saturated rings. The Morgan fingerprint density at radius 1 is 1.17 bits per heavy atom. The Hall–Kier alpha value is -1.38. The Labute approximate surface area is 169 Å². The van der Waals surface area contributed by atoms with Gasteiger partial charge < -0.3 is 14.6 Å². The third-order valence-corrected chi connectivity index (χ3v) is 5.49. The summed E-state index contributed by atoms with van der Waals surface area (Å²) in [6, 6.07) is 3.74. The standard InChI is InChI=1S/C21H31F4NO3/c1-14-11-26(12-15(2)29-14)9-8-20(27,21(23,24)25)13-19(3,4)17-10-16(22)6-7-18(17)28-5/h6-7,10,14-15,27H,8-9,11-13H2,1-5H3. The monoisotopic (exact) mass is 421 g/mol. The lowest BCUT2D eigenvalue weighted by molar-refractivity contribution is -0.270. The van der Waals surface area contributed by atoms with Gasteiger partial charge in [0.1, 0.15) is 11.6 Å². The van der Waals surface area contributed by atoms with E-state index >= 15 is 0 Å². The molecule has 0 bridgehead atoms. The van der Waals surface area contributed by atoms with E-state index < -0.39 is 35.9 Å². The van der Waals surface area contributed by atoms with Crippen molar-refractivity contribution in [2.75, 3.05) is 26.7 Å². The van der Waals surface area contributed by atoms with Crippen molar-refractivity contribution in [3.8, 4) is 5.75 Å². The third kappa shape index (κ3) is 5.83. The molecule has 1 heterocycles. The minimum atomic E-state index is -4.83. The first-order chi connectivity index (χ1) is 13.3. The van der Waals surface area contributed by atoms with Crippen molar-refractivity contribution >= 4 is 0 Å². The van der Waals surface area contributed by atoms with Gasteiger partial charge in [-0.25, -0.2) is 4.39 Å². The number of hydrogen-bond acceptors (Lipinski definition) is 4. The van der Waals surface area contributed by atoms with Gasteiger partial charge in [0, 0.05) is 25.2 Å². The highest BCUT2D eigenvalue weighted by atomic mass is 19.4. The number of hydrogen-bond donors (Lipinski definition) is 1.